The Labute approximate surface area is 98.7 Å². The number of hydrogen-bond donors (Lipinski definition) is 1. The van der Waals surface area contributed by atoms with Crippen LogP contribution in [0.2, 0.25) is 0 Å². The number of hydrogen-bond acceptors (Lipinski definition) is 5. The Morgan fingerprint density at radius 3 is 2.86 bits per heavy atom. The molecule has 1 atom stereocenters. The maximum absolute atomic E-state index is 5.62. The van der Waals surface area contributed by atoms with Gasteiger partial charge in [-0.25, -0.2) is 0 Å². The summed E-state index contributed by atoms with van der Waals surface area (Å²) in [5.41, 5.74) is 5.62. The zero-order valence-electron chi connectivity index (χ0n) is 7.40. The first-order valence-electron chi connectivity index (χ1n) is 4.01. The van der Waals surface area contributed by atoms with Crippen LogP contribution in [0.5, 0.6) is 0 Å². The van der Waals surface area contributed by atoms with Crippen LogP contribution in [0.1, 0.15) is 18.9 Å². The molecule has 1 unspecified atom stereocenters. The lowest BCUT2D eigenvalue weighted by Crippen LogP contribution is -2.04. The molecule has 0 amide bonds. The molecule has 14 heavy (non-hydrogen) atoms. The fraction of sp³-hybridized carbons (Fsp3) is 0.250. The van der Waals surface area contributed by atoms with Crippen molar-refractivity contribution in [2.45, 2.75) is 13.0 Å². The highest BCUT2D eigenvalue weighted by molar-refractivity contribution is 14.1. The molecule has 0 aromatic carbocycles. The summed E-state index contributed by atoms with van der Waals surface area (Å²) in [6.45, 7) is 1.82. The smallest absolute Gasteiger partial charge is 0.258 e. The van der Waals surface area contributed by atoms with E-state index in [0.717, 1.165) is 8.45 Å². The lowest BCUT2D eigenvalue weighted by Gasteiger charge is -1.94. The molecule has 74 valence electrons. The van der Waals surface area contributed by atoms with Crippen molar-refractivity contribution in [2.24, 2.45) is 5.73 Å². The van der Waals surface area contributed by atoms with E-state index in [1.54, 1.807) is 11.3 Å². The Morgan fingerprint density at radius 1 is 1.57 bits per heavy atom. The number of rotatable bonds is 2. The summed E-state index contributed by atoms with van der Waals surface area (Å²) in [5, 5.41) is 9.82. The summed E-state index contributed by atoms with van der Waals surface area (Å²) in [4.78, 5) is 1.00. The molecular weight excluding hydrogens is 313 g/mol. The molecule has 0 spiro atoms. The van der Waals surface area contributed by atoms with Gasteiger partial charge < -0.3 is 10.2 Å². The molecule has 0 bridgehead atoms. The maximum Gasteiger partial charge on any atom is 0.258 e. The third kappa shape index (κ3) is 1.82. The first-order valence-corrected chi connectivity index (χ1v) is 5.96. The lowest BCUT2D eigenvalue weighted by molar-refractivity contribution is 0.474. The average molecular weight is 321 g/mol. The van der Waals surface area contributed by atoms with E-state index in [-0.39, 0.29) is 6.04 Å². The fourth-order valence-corrected chi connectivity index (χ4v) is 2.70. The predicted molar refractivity (Wildman–Crippen MR) is 62.9 cm³/mol. The van der Waals surface area contributed by atoms with E-state index in [9.17, 15) is 0 Å². The minimum Gasteiger partial charge on any atom is -0.418 e. The van der Waals surface area contributed by atoms with Gasteiger partial charge in [-0.1, -0.05) is 0 Å². The van der Waals surface area contributed by atoms with Crippen molar-refractivity contribution in [1.29, 1.82) is 0 Å². The molecule has 2 aromatic heterocycles. The Balaban J connectivity index is 2.39. The number of nitrogens with two attached hydrogens (primary N) is 1. The molecule has 0 aliphatic heterocycles. The van der Waals surface area contributed by atoms with Gasteiger partial charge in [-0.3, -0.25) is 0 Å². The third-order valence-electron chi connectivity index (χ3n) is 1.64. The minimum absolute atomic E-state index is 0.214. The standard InChI is InChI=1S/C8H8IN3OS/c1-4(10)7-11-12-8(13-7)6-5(9)2-3-14-6/h2-4H,10H2,1H3. The van der Waals surface area contributed by atoms with E-state index in [4.69, 9.17) is 10.2 Å². The van der Waals surface area contributed by atoms with E-state index < -0.39 is 0 Å². The van der Waals surface area contributed by atoms with Gasteiger partial charge in [0, 0.05) is 3.57 Å². The van der Waals surface area contributed by atoms with Crippen molar-refractivity contribution in [2.75, 3.05) is 0 Å². The zero-order valence-corrected chi connectivity index (χ0v) is 10.4. The lowest BCUT2D eigenvalue weighted by atomic mass is 10.4. The van der Waals surface area contributed by atoms with Gasteiger partial charge in [0.25, 0.3) is 5.89 Å². The molecule has 2 heterocycles. The molecule has 6 heteroatoms. The molecule has 0 aliphatic rings. The zero-order chi connectivity index (χ0) is 10.1. The number of aromatic nitrogens is 2. The summed E-state index contributed by atoms with van der Waals surface area (Å²) >= 11 is 3.82. The molecular formula is C8H8IN3OS. The molecule has 2 rings (SSSR count). The predicted octanol–water partition coefficient (Wildman–Crippen LogP) is 2.42. The van der Waals surface area contributed by atoms with Crippen LogP contribution in [0, 0.1) is 3.57 Å². The van der Waals surface area contributed by atoms with Crippen molar-refractivity contribution < 1.29 is 4.42 Å². The second-order valence-electron chi connectivity index (χ2n) is 2.83. The molecule has 0 fully saturated rings. The van der Waals surface area contributed by atoms with Crippen molar-refractivity contribution >= 4 is 33.9 Å². The van der Waals surface area contributed by atoms with Gasteiger partial charge >= 0.3 is 0 Å². The van der Waals surface area contributed by atoms with E-state index in [1.165, 1.54) is 0 Å². The fourth-order valence-electron chi connectivity index (χ4n) is 0.957. The highest BCUT2D eigenvalue weighted by Crippen LogP contribution is 2.29. The van der Waals surface area contributed by atoms with Crippen molar-refractivity contribution in [3.8, 4) is 10.8 Å². The summed E-state index contributed by atoms with van der Waals surface area (Å²) < 4.78 is 6.55. The summed E-state index contributed by atoms with van der Waals surface area (Å²) in [7, 11) is 0. The van der Waals surface area contributed by atoms with E-state index >= 15 is 0 Å². The van der Waals surface area contributed by atoms with Crippen molar-refractivity contribution in [1.82, 2.24) is 10.2 Å². The summed E-state index contributed by atoms with van der Waals surface area (Å²) in [5.74, 6) is 1.03. The van der Waals surface area contributed by atoms with Crippen LogP contribution < -0.4 is 5.73 Å². The van der Waals surface area contributed by atoms with Gasteiger partial charge in [0.15, 0.2) is 0 Å². The van der Waals surface area contributed by atoms with Gasteiger partial charge in [0.1, 0.15) is 4.88 Å². The molecule has 4 nitrogen and oxygen atoms in total. The van der Waals surface area contributed by atoms with E-state index in [1.807, 2.05) is 18.4 Å². The van der Waals surface area contributed by atoms with Crippen molar-refractivity contribution in [3.63, 3.8) is 0 Å². The SMILES string of the molecule is CC(N)c1nnc(-c2sccc2I)o1. The van der Waals surface area contributed by atoms with Crippen LogP contribution in [0.25, 0.3) is 10.8 Å². The van der Waals surface area contributed by atoms with Crippen LogP contribution in [-0.2, 0) is 0 Å². The van der Waals surface area contributed by atoms with Gasteiger partial charge in [0.05, 0.1) is 6.04 Å². The normalized spacial score (nSPS) is 13.1. The van der Waals surface area contributed by atoms with Gasteiger partial charge in [-0.05, 0) is 41.0 Å². The molecule has 2 N–H and O–H groups in total. The van der Waals surface area contributed by atoms with Crippen LogP contribution in [0.3, 0.4) is 0 Å². The second-order valence-corrected chi connectivity index (χ2v) is 4.91. The Kier molecular flexibility index (Phi) is 2.84. The monoisotopic (exact) mass is 321 g/mol. The number of halogens is 1. The van der Waals surface area contributed by atoms with Crippen molar-refractivity contribution in [3.05, 3.63) is 20.9 Å². The topological polar surface area (TPSA) is 64.9 Å². The number of nitrogens with zero attached hydrogens (tertiary/aromatic N) is 2. The first-order chi connectivity index (χ1) is 6.68. The first kappa shape index (κ1) is 10.1. The second kappa shape index (κ2) is 3.95. The van der Waals surface area contributed by atoms with Crippen LogP contribution in [0.4, 0.5) is 0 Å². The molecule has 0 radical (unpaired) electrons. The quantitative estimate of drug-likeness (QED) is 0.863. The molecule has 0 saturated carbocycles. The maximum atomic E-state index is 5.62. The third-order valence-corrected chi connectivity index (χ3v) is 3.81. The highest BCUT2D eigenvalue weighted by Gasteiger charge is 2.14. The Bertz CT molecular complexity index is 437. The molecule has 0 aliphatic carbocycles. The minimum atomic E-state index is -0.214. The van der Waals surface area contributed by atoms with Crippen LogP contribution >= 0.6 is 33.9 Å². The van der Waals surface area contributed by atoms with Crippen LogP contribution in [0.15, 0.2) is 15.9 Å². The van der Waals surface area contributed by atoms with Gasteiger partial charge in [-0.15, -0.1) is 21.5 Å². The van der Waals surface area contributed by atoms with Crippen LogP contribution in [-0.4, -0.2) is 10.2 Å². The van der Waals surface area contributed by atoms with Gasteiger partial charge in [0.2, 0.25) is 5.89 Å². The molecule has 2 aromatic rings. The van der Waals surface area contributed by atoms with E-state index in [2.05, 4.69) is 32.8 Å². The average Bonchev–Trinajstić information content (AvgIpc) is 2.71. The summed E-state index contributed by atoms with van der Waals surface area (Å²) in [6, 6.07) is 1.80. The highest BCUT2D eigenvalue weighted by atomic mass is 127. The largest absolute Gasteiger partial charge is 0.418 e. The summed E-state index contributed by atoms with van der Waals surface area (Å²) in [6.07, 6.45) is 0. The van der Waals surface area contributed by atoms with Gasteiger partial charge in [-0.2, -0.15) is 0 Å². The Hall–Kier alpha value is -0.470. The number of thiophene rings is 1. The Morgan fingerprint density at radius 2 is 2.36 bits per heavy atom. The molecule has 0 saturated heterocycles. The van der Waals surface area contributed by atoms with E-state index in [0.29, 0.717) is 11.8 Å².